The fraction of sp³-hybridized carbons (Fsp3) is 0.909. The Morgan fingerprint density at radius 3 is 1.28 bits per heavy atom. The van der Waals surface area contributed by atoms with Gasteiger partial charge in [-0.3, -0.25) is 13.8 Å². The van der Waals surface area contributed by atoms with E-state index in [1.165, 1.54) is 199 Å². The highest BCUT2D eigenvalue weighted by Gasteiger charge is 2.28. The number of hydrogen-bond acceptors (Lipinski definition) is 5. The summed E-state index contributed by atoms with van der Waals surface area (Å²) in [7, 11) is 1.62. The second-order valence-electron chi connectivity index (χ2n) is 20.3. The second-order valence-corrected chi connectivity index (χ2v) is 21.8. The molecule has 1 amide bonds. The molecular formula is C55H110N2O6P+. The minimum atomic E-state index is -4.31. The number of hydrogen-bond donors (Lipinski definition) is 3. The predicted octanol–water partition coefficient (Wildman–Crippen LogP) is 16.4. The number of quaternary nitrogens is 1. The van der Waals surface area contributed by atoms with Crippen LogP contribution in [-0.2, 0) is 18.4 Å². The number of nitrogens with one attached hydrogen (secondary N) is 1. The molecule has 0 aliphatic heterocycles. The van der Waals surface area contributed by atoms with Crippen molar-refractivity contribution < 1.29 is 32.9 Å². The third-order valence-electron chi connectivity index (χ3n) is 12.7. The van der Waals surface area contributed by atoms with E-state index in [1.807, 2.05) is 21.1 Å². The Morgan fingerprint density at radius 2 is 0.891 bits per heavy atom. The van der Waals surface area contributed by atoms with Crippen molar-refractivity contribution in [2.24, 2.45) is 0 Å². The van der Waals surface area contributed by atoms with Crippen molar-refractivity contribution in [3.63, 3.8) is 0 Å². The first-order chi connectivity index (χ1) is 31.0. The van der Waals surface area contributed by atoms with E-state index in [0.717, 1.165) is 44.9 Å². The van der Waals surface area contributed by atoms with E-state index < -0.39 is 20.0 Å². The quantitative estimate of drug-likeness (QED) is 0.0243. The summed E-state index contributed by atoms with van der Waals surface area (Å²) in [4.78, 5) is 23.2. The van der Waals surface area contributed by atoms with E-state index in [1.54, 1.807) is 0 Å². The van der Waals surface area contributed by atoms with Gasteiger partial charge >= 0.3 is 7.82 Å². The van der Waals surface area contributed by atoms with Gasteiger partial charge in [0.25, 0.3) is 0 Å². The SMILES string of the molecule is CCCCCCCCCCC/C=C\C/C=C\CCCCCCCCCCCCCCCCCC(=O)NC(COP(=O)(O)OCC[N+](C)(C)C)C(O)CCCCCCCCCCCCC. The summed E-state index contributed by atoms with van der Waals surface area (Å²) in [5, 5.41) is 14.0. The number of allylic oxidation sites excluding steroid dienone is 4. The number of amides is 1. The van der Waals surface area contributed by atoms with Crippen LogP contribution in [0.3, 0.4) is 0 Å². The molecule has 3 N–H and O–H groups in total. The molecule has 0 aromatic heterocycles. The molecule has 3 atom stereocenters. The molecule has 8 nitrogen and oxygen atoms in total. The van der Waals surface area contributed by atoms with E-state index in [9.17, 15) is 19.4 Å². The lowest BCUT2D eigenvalue weighted by Gasteiger charge is -2.26. The largest absolute Gasteiger partial charge is 0.472 e. The third-order valence-corrected chi connectivity index (χ3v) is 13.7. The number of unbranched alkanes of at least 4 members (excludes halogenated alkanes) is 34. The molecule has 0 aliphatic carbocycles. The molecule has 0 radical (unpaired) electrons. The van der Waals surface area contributed by atoms with E-state index in [0.29, 0.717) is 23.9 Å². The maximum absolute atomic E-state index is 12.9. The van der Waals surface area contributed by atoms with Gasteiger partial charge in [-0.25, -0.2) is 4.57 Å². The fourth-order valence-electron chi connectivity index (χ4n) is 8.31. The molecule has 0 aromatic rings. The maximum Gasteiger partial charge on any atom is 0.472 e. The van der Waals surface area contributed by atoms with Gasteiger partial charge in [0, 0.05) is 6.42 Å². The Bertz CT molecular complexity index is 1090. The van der Waals surface area contributed by atoms with Gasteiger partial charge in [0.1, 0.15) is 13.2 Å². The Kier molecular flexibility index (Phi) is 46.3. The van der Waals surface area contributed by atoms with Crippen molar-refractivity contribution in [2.75, 3.05) is 40.9 Å². The molecule has 0 fully saturated rings. The molecule has 0 aromatic carbocycles. The van der Waals surface area contributed by atoms with Gasteiger partial charge in [-0.2, -0.15) is 0 Å². The van der Waals surface area contributed by atoms with Gasteiger partial charge in [0.15, 0.2) is 0 Å². The molecule has 0 spiro atoms. The van der Waals surface area contributed by atoms with E-state index in [4.69, 9.17) is 9.05 Å². The van der Waals surface area contributed by atoms with E-state index in [-0.39, 0.29) is 19.1 Å². The first-order valence-corrected chi connectivity index (χ1v) is 29.2. The summed E-state index contributed by atoms with van der Waals surface area (Å²) in [6.07, 6.45) is 58.1. The molecular weight excluding hydrogens is 816 g/mol. The van der Waals surface area contributed by atoms with Crippen LogP contribution in [-0.4, -0.2) is 73.4 Å². The standard InChI is InChI=1S/C55H109N2O6P/c1-6-8-10-12-14-16-18-19-20-21-22-23-24-25-26-27-28-29-30-31-32-33-34-35-36-37-39-41-43-45-47-49-55(59)56-53(52-63-64(60,61)62-51-50-57(3,4)5)54(58)48-46-44-42-40-38-17-15-13-11-9-7-2/h22-23,25-26,53-54,58H,6-21,24,27-52H2,1-5H3,(H-,56,59,60,61)/p+1/b23-22-,26-25-. The zero-order valence-corrected chi connectivity index (χ0v) is 44.2. The average Bonchev–Trinajstić information content (AvgIpc) is 3.25. The highest BCUT2D eigenvalue weighted by Crippen LogP contribution is 2.43. The van der Waals surface area contributed by atoms with Crippen molar-refractivity contribution in [3.8, 4) is 0 Å². The number of carbonyl (C=O) groups is 1. The lowest BCUT2D eigenvalue weighted by Crippen LogP contribution is -2.46. The molecule has 0 saturated carbocycles. The lowest BCUT2D eigenvalue weighted by atomic mass is 10.0. The van der Waals surface area contributed by atoms with E-state index >= 15 is 0 Å². The zero-order chi connectivity index (χ0) is 47.1. The van der Waals surface area contributed by atoms with Crippen LogP contribution in [0.4, 0.5) is 0 Å². The van der Waals surface area contributed by atoms with Crippen molar-refractivity contribution in [1.82, 2.24) is 5.32 Å². The van der Waals surface area contributed by atoms with Crippen molar-refractivity contribution in [2.45, 2.75) is 283 Å². The van der Waals surface area contributed by atoms with Crippen LogP contribution in [0.1, 0.15) is 271 Å². The Morgan fingerprint density at radius 1 is 0.531 bits per heavy atom. The van der Waals surface area contributed by atoms with Gasteiger partial charge in [-0.15, -0.1) is 0 Å². The maximum atomic E-state index is 12.9. The number of carbonyl (C=O) groups excluding carboxylic acids is 1. The second kappa shape index (κ2) is 47.1. The highest BCUT2D eigenvalue weighted by molar-refractivity contribution is 7.47. The summed E-state index contributed by atoms with van der Waals surface area (Å²) >= 11 is 0. The van der Waals surface area contributed by atoms with Crippen LogP contribution in [0.5, 0.6) is 0 Å². The highest BCUT2D eigenvalue weighted by atomic mass is 31.2. The Hall–Kier alpha value is -1.02. The lowest BCUT2D eigenvalue weighted by molar-refractivity contribution is -0.870. The van der Waals surface area contributed by atoms with Gasteiger partial charge in [-0.1, -0.05) is 244 Å². The minimum absolute atomic E-state index is 0.0761. The first-order valence-electron chi connectivity index (χ1n) is 27.7. The van der Waals surface area contributed by atoms with Gasteiger partial charge < -0.3 is 19.8 Å². The van der Waals surface area contributed by atoms with Crippen LogP contribution < -0.4 is 5.32 Å². The molecule has 380 valence electrons. The Labute approximate surface area is 398 Å². The smallest absolute Gasteiger partial charge is 0.391 e. The molecule has 64 heavy (non-hydrogen) atoms. The van der Waals surface area contributed by atoms with Gasteiger partial charge in [0.05, 0.1) is 39.9 Å². The molecule has 9 heteroatoms. The van der Waals surface area contributed by atoms with Crippen LogP contribution in [0.15, 0.2) is 24.3 Å². The zero-order valence-electron chi connectivity index (χ0n) is 43.3. The number of nitrogens with zero attached hydrogens (tertiary/aromatic N) is 1. The van der Waals surface area contributed by atoms with Crippen LogP contribution in [0, 0.1) is 0 Å². The third kappa shape index (κ3) is 48.9. The summed E-state index contributed by atoms with van der Waals surface area (Å²) in [6, 6.07) is -0.757. The van der Waals surface area contributed by atoms with Crippen molar-refractivity contribution >= 4 is 13.7 Å². The average molecular weight is 926 g/mol. The number of aliphatic hydroxyl groups is 1. The predicted molar refractivity (Wildman–Crippen MR) is 277 cm³/mol. The molecule has 0 rings (SSSR count). The number of phosphoric ester groups is 1. The molecule has 0 heterocycles. The summed E-state index contributed by atoms with van der Waals surface area (Å²) in [5.74, 6) is -0.143. The number of aliphatic hydroxyl groups excluding tert-OH is 1. The van der Waals surface area contributed by atoms with Crippen LogP contribution in [0.25, 0.3) is 0 Å². The number of rotatable bonds is 51. The molecule has 0 bridgehead atoms. The monoisotopic (exact) mass is 926 g/mol. The summed E-state index contributed by atoms with van der Waals surface area (Å²) in [6.45, 7) is 4.90. The summed E-state index contributed by atoms with van der Waals surface area (Å²) in [5.41, 5.74) is 0. The minimum Gasteiger partial charge on any atom is -0.391 e. The topological polar surface area (TPSA) is 105 Å². The van der Waals surface area contributed by atoms with Crippen LogP contribution >= 0.6 is 7.82 Å². The van der Waals surface area contributed by atoms with Gasteiger partial charge in [-0.05, 0) is 44.9 Å². The van der Waals surface area contributed by atoms with Gasteiger partial charge in [0.2, 0.25) is 5.91 Å². The normalized spacial score (nSPS) is 14.2. The van der Waals surface area contributed by atoms with E-state index in [2.05, 4.69) is 43.5 Å². The number of phosphoric acid groups is 1. The molecule has 3 unspecified atom stereocenters. The molecule has 0 saturated heterocycles. The first kappa shape index (κ1) is 63.0. The van der Waals surface area contributed by atoms with Crippen molar-refractivity contribution in [1.29, 1.82) is 0 Å². The van der Waals surface area contributed by atoms with Crippen LogP contribution in [0.2, 0.25) is 0 Å². The number of likely N-dealkylation sites (N-methyl/N-ethyl adjacent to an activating group) is 1. The fourth-order valence-corrected chi connectivity index (χ4v) is 9.05. The summed E-state index contributed by atoms with van der Waals surface area (Å²) < 4.78 is 23.7. The Balaban J connectivity index is 3.99. The van der Waals surface area contributed by atoms with Crippen molar-refractivity contribution in [3.05, 3.63) is 24.3 Å². The molecule has 0 aliphatic rings.